The summed E-state index contributed by atoms with van der Waals surface area (Å²) in [5.41, 5.74) is 7.51. The van der Waals surface area contributed by atoms with Crippen LogP contribution in [0.5, 0.6) is 5.75 Å². The van der Waals surface area contributed by atoms with E-state index in [1.807, 2.05) is 24.3 Å². The lowest BCUT2D eigenvalue weighted by molar-refractivity contribution is -0.385. The summed E-state index contributed by atoms with van der Waals surface area (Å²) in [7, 11) is 0. The van der Waals surface area contributed by atoms with Crippen molar-refractivity contribution in [2.75, 3.05) is 0 Å². The zero-order valence-electron chi connectivity index (χ0n) is 20.8. The topological polar surface area (TPSA) is 93.8 Å². The van der Waals surface area contributed by atoms with Crippen molar-refractivity contribution in [3.8, 4) is 5.75 Å². The number of carbonyl (C=O) groups excluding carboxylic acids is 1. The van der Waals surface area contributed by atoms with Crippen LogP contribution >= 0.6 is 11.8 Å². The molecule has 0 aliphatic carbocycles. The Balaban J connectivity index is 1.46. The number of ether oxygens (including phenoxy) is 1. The highest BCUT2D eigenvalue weighted by Crippen LogP contribution is 2.32. The van der Waals surface area contributed by atoms with Gasteiger partial charge in [0, 0.05) is 11.6 Å². The molecule has 0 radical (unpaired) electrons. The number of benzene rings is 3. The fourth-order valence-corrected chi connectivity index (χ4v) is 4.92. The van der Waals surface area contributed by atoms with Crippen molar-refractivity contribution in [2.24, 2.45) is 4.99 Å². The van der Waals surface area contributed by atoms with Gasteiger partial charge in [-0.1, -0.05) is 29.8 Å². The van der Waals surface area contributed by atoms with Gasteiger partial charge in [0.1, 0.15) is 12.4 Å². The first kappa shape index (κ1) is 25.2. The van der Waals surface area contributed by atoms with Crippen molar-refractivity contribution in [3.05, 3.63) is 102 Å². The molecule has 1 heterocycles. The number of thioether (sulfide) groups is 1. The first-order valence-corrected chi connectivity index (χ1v) is 12.3. The Kier molecular flexibility index (Phi) is 7.26. The number of amidine groups is 1. The molecule has 0 aromatic heterocycles. The molecule has 1 aliphatic rings. The molecule has 1 saturated heterocycles. The standard InChI is InChI=1S/C28H27N3O4S/c1-16-10-18(3)24(19(4)11-16)15-35-23-8-6-21(7-9-23)13-26-27(32)30-28(36-26)29-22-12-17(2)20(5)25(14-22)31(33)34/h6-14H,15H2,1-5H3,(H,29,30,32)/b26-13-. The first-order chi connectivity index (χ1) is 17.1. The number of aliphatic imine (C=N–C) groups is 1. The molecule has 1 aliphatic heterocycles. The molecule has 4 rings (SSSR count). The zero-order valence-corrected chi connectivity index (χ0v) is 21.7. The van der Waals surface area contributed by atoms with Crippen molar-refractivity contribution in [3.63, 3.8) is 0 Å². The van der Waals surface area contributed by atoms with E-state index in [2.05, 4.69) is 43.2 Å². The molecule has 0 saturated carbocycles. The molecule has 7 nitrogen and oxygen atoms in total. The van der Waals surface area contributed by atoms with Gasteiger partial charge in [0.25, 0.3) is 11.6 Å². The summed E-state index contributed by atoms with van der Waals surface area (Å²) in [6.45, 7) is 10.3. The molecule has 1 fully saturated rings. The predicted molar refractivity (Wildman–Crippen MR) is 145 cm³/mol. The van der Waals surface area contributed by atoms with Gasteiger partial charge in [0.2, 0.25) is 0 Å². The Hall–Kier alpha value is -3.91. The van der Waals surface area contributed by atoms with E-state index in [1.54, 1.807) is 26.0 Å². The number of hydrogen-bond acceptors (Lipinski definition) is 6. The minimum atomic E-state index is -0.422. The Bertz CT molecular complexity index is 1400. The molecule has 184 valence electrons. The first-order valence-electron chi connectivity index (χ1n) is 11.5. The molecule has 36 heavy (non-hydrogen) atoms. The molecule has 1 amide bonds. The minimum absolute atomic E-state index is 0.00875. The van der Waals surface area contributed by atoms with Crippen LogP contribution in [0.2, 0.25) is 0 Å². The number of amides is 1. The lowest BCUT2D eigenvalue weighted by Crippen LogP contribution is -2.19. The van der Waals surface area contributed by atoms with Crippen LogP contribution in [0.3, 0.4) is 0 Å². The van der Waals surface area contributed by atoms with Crippen LogP contribution < -0.4 is 10.1 Å². The van der Waals surface area contributed by atoms with Crippen molar-refractivity contribution in [2.45, 2.75) is 41.2 Å². The average molecular weight is 502 g/mol. The van der Waals surface area contributed by atoms with Crippen molar-refractivity contribution >= 4 is 40.3 Å². The highest BCUT2D eigenvalue weighted by Gasteiger charge is 2.24. The second-order valence-electron chi connectivity index (χ2n) is 8.88. The van der Waals surface area contributed by atoms with Crippen LogP contribution in [-0.4, -0.2) is 16.0 Å². The molecule has 3 aromatic rings. The van der Waals surface area contributed by atoms with Crippen LogP contribution in [0.25, 0.3) is 6.08 Å². The molecule has 0 spiro atoms. The van der Waals surface area contributed by atoms with Gasteiger partial charge in [0.15, 0.2) is 5.17 Å². The van der Waals surface area contributed by atoms with Crippen LogP contribution in [-0.2, 0) is 11.4 Å². The van der Waals surface area contributed by atoms with E-state index in [-0.39, 0.29) is 11.6 Å². The number of aryl methyl sites for hydroxylation is 4. The van der Waals surface area contributed by atoms with Gasteiger partial charge in [0.05, 0.1) is 15.5 Å². The zero-order chi connectivity index (χ0) is 26.0. The number of nitrogens with one attached hydrogen (secondary N) is 1. The summed E-state index contributed by atoms with van der Waals surface area (Å²) in [4.78, 5) is 28.3. The smallest absolute Gasteiger partial charge is 0.274 e. The summed E-state index contributed by atoms with van der Waals surface area (Å²) in [5.74, 6) is 0.487. The third-order valence-electron chi connectivity index (χ3n) is 6.10. The molecular weight excluding hydrogens is 474 g/mol. The fourth-order valence-electron chi connectivity index (χ4n) is 4.08. The van der Waals surface area contributed by atoms with Gasteiger partial charge >= 0.3 is 0 Å². The van der Waals surface area contributed by atoms with Gasteiger partial charge in [-0.05, 0) is 98.5 Å². The highest BCUT2D eigenvalue weighted by molar-refractivity contribution is 8.18. The van der Waals surface area contributed by atoms with Gasteiger partial charge < -0.3 is 10.1 Å². The van der Waals surface area contributed by atoms with Gasteiger partial charge in [-0.15, -0.1) is 0 Å². The Morgan fingerprint density at radius 1 is 1.00 bits per heavy atom. The number of rotatable bonds is 6. The summed E-state index contributed by atoms with van der Waals surface area (Å²) >= 11 is 1.20. The number of nitrogens with zero attached hydrogens (tertiary/aromatic N) is 2. The largest absolute Gasteiger partial charge is 0.489 e. The van der Waals surface area contributed by atoms with E-state index < -0.39 is 4.92 Å². The summed E-state index contributed by atoms with van der Waals surface area (Å²) in [5, 5.41) is 14.4. The van der Waals surface area contributed by atoms with Gasteiger partial charge in [-0.2, -0.15) is 0 Å². The van der Waals surface area contributed by atoms with Crippen LogP contribution in [0.4, 0.5) is 11.4 Å². The summed E-state index contributed by atoms with van der Waals surface area (Å²) in [6.07, 6.45) is 1.78. The molecule has 8 heteroatoms. The van der Waals surface area contributed by atoms with Gasteiger partial charge in [-0.25, -0.2) is 4.99 Å². The monoisotopic (exact) mass is 501 g/mol. The maximum absolute atomic E-state index is 12.5. The molecular formula is C28H27N3O4S. The number of hydrogen-bond donors (Lipinski definition) is 1. The van der Waals surface area contributed by atoms with E-state index in [1.165, 1.54) is 40.1 Å². The second kappa shape index (κ2) is 10.4. The molecule has 3 aromatic carbocycles. The lowest BCUT2D eigenvalue weighted by atomic mass is 10.0. The SMILES string of the molecule is Cc1cc(C)c(COc2ccc(/C=C3\SC(=Nc4cc(C)c(C)c([N+](=O)[O-])c4)NC3=O)cc2)c(C)c1. The number of carbonyl (C=O) groups is 1. The van der Waals surface area contributed by atoms with Crippen molar-refractivity contribution in [1.29, 1.82) is 0 Å². The van der Waals surface area contributed by atoms with E-state index >= 15 is 0 Å². The maximum Gasteiger partial charge on any atom is 0.274 e. The number of nitro groups is 1. The molecule has 1 N–H and O–H groups in total. The highest BCUT2D eigenvalue weighted by atomic mass is 32.2. The summed E-state index contributed by atoms with van der Waals surface area (Å²) in [6, 6.07) is 15.1. The molecule has 0 atom stereocenters. The van der Waals surface area contributed by atoms with E-state index in [0.29, 0.717) is 27.9 Å². The lowest BCUT2D eigenvalue weighted by Gasteiger charge is -2.13. The summed E-state index contributed by atoms with van der Waals surface area (Å²) < 4.78 is 6.00. The predicted octanol–water partition coefficient (Wildman–Crippen LogP) is 6.61. The normalized spacial score (nSPS) is 15.4. The molecule has 0 bridgehead atoms. The average Bonchev–Trinajstić information content (AvgIpc) is 3.14. The molecule has 0 unspecified atom stereocenters. The third-order valence-corrected chi connectivity index (χ3v) is 7.01. The Morgan fingerprint density at radius 2 is 1.67 bits per heavy atom. The fraction of sp³-hybridized carbons (Fsp3) is 0.214. The van der Waals surface area contributed by atoms with Crippen LogP contribution in [0.15, 0.2) is 58.4 Å². The van der Waals surface area contributed by atoms with E-state index in [9.17, 15) is 14.9 Å². The van der Waals surface area contributed by atoms with Gasteiger partial charge in [-0.3, -0.25) is 14.9 Å². The quantitative estimate of drug-likeness (QED) is 0.233. The second-order valence-corrected chi connectivity index (χ2v) is 9.91. The maximum atomic E-state index is 12.5. The van der Waals surface area contributed by atoms with Crippen LogP contribution in [0.1, 0.15) is 38.9 Å². The third kappa shape index (κ3) is 5.66. The minimum Gasteiger partial charge on any atom is -0.489 e. The van der Waals surface area contributed by atoms with Crippen molar-refractivity contribution in [1.82, 2.24) is 5.32 Å². The van der Waals surface area contributed by atoms with E-state index in [0.717, 1.165) is 16.9 Å². The van der Waals surface area contributed by atoms with Crippen molar-refractivity contribution < 1.29 is 14.5 Å². The number of nitro benzene ring substituents is 1. The Morgan fingerprint density at radius 3 is 2.31 bits per heavy atom. The van der Waals surface area contributed by atoms with Crippen LogP contribution in [0, 0.1) is 44.7 Å². The Labute approximate surface area is 214 Å². The van der Waals surface area contributed by atoms with E-state index in [4.69, 9.17) is 4.74 Å².